The molecule has 2 heterocycles. The maximum atomic E-state index is 5.68. The molecule has 0 aliphatic carbocycles. The number of pyridine rings is 1. The molecule has 0 spiro atoms. The fraction of sp³-hybridized carbons (Fsp3) is 0.429. The van der Waals surface area contributed by atoms with Gasteiger partial charge in [-0.1, -0.05) is 0 Å². The van der Waals surface area contributed by atoms with Crippen LogP contribution in [0.1, 0.15) is 35.0 Å². The molecular weight excluding hydrogens is 238 g/mol. The average molecular weight is 259 g/mol. The number of aromatic nitrogens is 3. The lowest BCUT2D eigenvalue weighted by atomic mass is 10.0. The Kier molecular flexibility index (Phi) is 4.29. The molecule has 102 valence electrons. The van der Waals surface area contributed by atoms with E-state index in [-0.39, 0.29) is 6.04 Å². The summed E-state index contributed by atoms with van der Waals surface area (Å²) in [6.45, 7) is 4.01. The molecule has 0 aliphatic rings. The molecule has 1 atom stereocenters. The van der Waals surface area contributed by atoms with Crippen molar-refractivity contribution in [2.24, 2.45) is 12.9 Å². The highest BCUT2D eigenvalue weighted by Crippen LogP contribution is 2.19. The van der Waals surface area contributed by atoms with Gasteiger partial charge in [0, 0.05) is 30.7 Å². The highest BCUT2D eigenvalue weighted by Gasteiger charge is 2.11. The van der Waals surface area contributed by atoms with E-state index in [9.17, 15) is 0 Å². The van der Waals surface area contributed by atoms with Crippen LogP contribution < -0.4 is 11.3 Å². The summed E-state index contributed by atoms with van der Waals surface area (Å²) in [6, 6.07) is 4.31. The monoisotopic (exact) mass is 259 g/mol. The number of nitrogens with zero attached hydrogens (tertiary/aromatic N) is 3. The summed E-state index contributed by atoms with van der Waals surface area (Å²) in [6.07, 6.45) is 5.82. The molecule has 0 bridgehead atoms. The second-order valence-corrected chi connectivity index (χ2v) is 4.96. The molecule has 0 amide bonds. The molecule has 19 heavy (non-hydrogen) atoms. The van der Waals surface area contributed by atoms with Gasteiger partial charge in [0.25, 0.3) is 0 Å². The highest BCUT2D eigenvalue weighted by atomic mass is 15.2. The number of rotatable bonds is 5. The van der Waals surface area contributed by atoms with E-state index in [1.165, 1.54) is 11.1 Å². The summed E-state index contributed by atoms with van der Waals surface area (Å²) in [5.41, 5.74) is 7.36. The SMILES string of the molecule is Cc1cc(C(CCc2cnn(C)c2)NN)cc(C)n1. The van der Waals surface area contributed by atoms with Crippen LogP contribution in [0.25, 0.3) is 0 Å². The number of hydrogen-bond acceptors (Lipinski definition) is 4. The number of nitrogens with two attached hydrogens (primary N) is 1. The Morgan fingerprint density at radius 3 is 2.53 bits per heavy atom. The van der Waals surface area contributed by atoms with Crippen molar-refractivity contribution in [3.8, 4) is 0 Å². The van der Waals surface area contributed by atoms with Gasteiger partial charge in [-0.2, -0.15) is 5.10 Å². The lowest BCUT2D eigenvalue weighted by Gasteiger charge is -2.17. The quantitative estimate of drug-likeness (QED) is 0.631. The highest BCUT2D eigenvalue weighted by molar-refractivity contribution is 5.23. The van der Waals surface area contributed by atoms with E-state index in [2.05, 4.69) is 27.6 Å². The average Bonchev–Trinajstić information content (AvgIpc) is 2.75. The van der Waals surface area contributed by atoms with Crippen molar-refractivity contribution in [3.05, 3.63) is 47.0 Å². The van der Waals surface area contributed by atoms with Crippen molar-refractivity contribution in [1.29, 1.82) is 0 Å². The first-order valence-corrected chi connectivity index (χ1v) is 6.47. The van der Waals surface area contributed by atoms with E-state index in [0.29, 0.717) is 0 Å². The minimum atomic E-state index is 0.139. The number of nitrogens with one attached hydrogen (secondary N) is 1. The molecule has 5 heteroatoms. The number of hydrazine groups is 1. The second kappa shape index (κ2) is 5.95. The zero-order valence-electron chi connectivity index (χ0n) is 11.7. The Morgan fingerprint density at radius 2 is 2.00 bits per heavy atom. The Hall–Kier alpha value is -1.72. The molecule has 2 rings (SSSR count). The van der Waals surface area contributed by atoms with Gasteiger partial charge < -0.3 is 0 Å². The summed E-state index contributed by atoms with van der Waals surface area (Å²) in [5.74, 6) is 5.68. The van der Waals surface area contributed by atoms with E-state index in [1.807, 2.05) is 38.0 Å². The topological polar surface area (TPSA) is 68.8 Å². The Labute approximate surface area is 113 Å². The van der Waals surface area contributed by atoms with Gasteiger partial charge in [-0.15, -0.1) is 0 Å². The zero-order chi connectivity index (χ0) is 13.8. The smallest absolute Gasteiger partial charge is 0.0521 e. The van der Waals surface area contributed by atoms with Crippen molar-refractivity contribution >= 4 is 0 Å². The van der Waals surface area contributed by atoms with Crippen molar-refractivity contribution in [2.75, 3.05) is 0 Å². The van der Waals surface area contributed by atoms with Crippen molar-refractivity contribution in [2.45, 2.75) is 32.7 Å². The van der Waals surface area contributed by atoms with Crippen LogP contribution in [-0.2, 0) is 13.5 Å². The first kappa shape index (κ1) is 13.7. The van der Waals surface area contributed by atoms with Gasteiger partial charge in [-0.25, -0.2) is 0 Å². The van der Waals surface area contributed by atoms with Crippen LogP contribution in [0.5, 0.6) is 0 Å². The molecule has 0 saturated carbocycles. The van der Waals surface area contributed by atoms with E-state index in [4.69, 9.17) is 5.84 Å². The van der Waals surface area contributed by atoms with Crippen LogP contribution in [-0.4, -0.2) is 14.8 Å². The van der Waals surface area contributed by atoms with E-state index >= 15 is 0 Å². The van der Waals surface area contributed by atoms with Crippen LogP contribution in [0.15, 0.2) is 24.5 Å². The minimum Gasteiger partial charge on any atom is -0.276 e. The summed E-state index contributed by atoms with van der Waals surface area (Å²) in [4.78, 5) is 4.39. The number of aryl methyl sites for hydroxylation is 4. The summed E-state index contributed by atoms with van der Waals surface area (Å²) in [7, 11) is 1.93. The lowest BCUT2D eigenvalue weighted by molar-refractivity contribution is 0.515. The molecule has 0 fully saturated rings. The first-order valence-electron chi connectivity index (χ1n) is 6.47. The first-order chi connectivity index (χ1) is 9.08. The van der Waals surface area contributed by atoms with E-state index in [1.54, 1.807) is 0 Å². The van der Waals surface area contributed by atoms with Crippen LogP contribution in [0.2, 0.25) is 0 Å². The molecule has 3 N–H and O–H groups in total. The molecular formula is C14H21N5. The molecule has 2 aromatic heterocycles. The maximum absolute atomic E-state index is 5.68. The predicted molar refractivity (Wildman–Crippen MR) is 75.3 cm³/mol. The van der Waals surface area contributed by atoms with Gasteiger partial charge in [0.1, 0.15) is 0 Å². The third-order valence-electron chi connectivity index (χ3n) is 3.19. The van der Waals surface area contributed by atoms with Crippen molar-refractivity contribution in [1.82, 2.24) is 20.2 Å². The number of hydrogen-bond donors (Lipinski definition) is 2. The van der Waals surface area contributed by atoms with Crippen LogP contribution in [0.4, 0.5) is 0 Å². The molecule has 0 radical (unpaired) electrons. The summed E-state index contributed by atoms with van der Waals surface area (Å²) < 4.78 is 1.82. The third kappa shape index (κ3) is 3.62. The predicted octanol–water partition coefficient (Wildman–Crippen LogP) is 1.57. The molecule has 0 saturated heterocycles. The van der Waals surface area contributed by atoms with Gasteiger partial charge in [0.2, 0.25) is 0 Å². The lowest BCUT2D eigenvalue weighted by Crippen LogP contribution is -2.28. The Balaban J connectivity index is 2.07. The molecule has 0 aromatic carbocycles. The molecule has 0 aliphatic heterocycles. The van der Waals surface area contributed by atoms with Gasteiger partial charge in [0.05, 0.1) is 6.20 Å². The fourth-order valence-corrected chi connectivity index (χ4v) is 2.33. The Bertz CT molecular complexity index is 526. The largest absolute Gasteiger partial charge is 0.276 e. The summed E-state index contributed by atoms with van der Waals surface area (Å²) >= 11 is 0. The molecule has 2 aromatic rings. The van der Waals surface area contributed by atoms with Crippen LogP contribution in [0, 0.1) is 13.8 Å². The third-order valence-corrected chi connectivity index (χ3v) is 3.19. The van der Waals surface area contributed by atoms with Gasteiger partial charge in [-0.3, -0.25) is 20.9 Å². The van der Waals surface area contributed by atoms with Gasteiger partial charge in [-0.05, 0) is 49.9 Å². The second-order valence-electron chi connectivity index (χ2n) is 4.96. The molecule has 5 nitrogen and oxygen atoms in total. The molecule has 1 unspecified atom stereocenters. The maximum Gasteiger partial charge on any atom is 0.0521 e. The normalized spacial score (nSPS) is 12.6. The van der Waals surface area contributed by atoms with Gasteiger partial charge in [0.15, 0.2) is 0 Å². The van der Waals surface area contributed by atoms with E-state index < -0.39 is 0 Å². The van der Waals surface area contributed by atoms with Gasteiger partial charge >= 0.3 is 0 Å². The van der Waals surface area contributed by atoms with Crippen LogP contribution >= 0.6 is 0 Å². The van der Waals surface area contributed by atoms with Crippen molar-refractivity contribution in [3.63, 3.8) is 0 Å². The zero-order valence-corrected chi connectivity index (χ0v) is 11.7. The standard InChI is InChI=1S/C14H21N5/c1-10-6-13(7-11(2)17-10)14(18-15)5-4-12-8-16-19(3)9-12/h6-9,14,18H,4-5,15H2,1-3H3. The Morgan fingerprint density at radius 1 is 1.32 bits per heavy atom. The van der Waals surface area contributed by atoms with E-state index in [0.717, 1.165) is 24.2 Å². The summed E-state index contributed by atoms with van der Waals surface area (Å²) in [5, 5.41) is 4.18. The fourth-order valence-electron chi connectivity index (χ4n) is 2.33. The minimum absolute atomic E-state index is 0.139. The van der Waals surface area contributed by atoms with Crippen LogP contribution in [0.3, 0.4) is 0 Å². The van der Waals surface area contributed by atoms with Crippen molar-refractivity contribution < 1.29 is 0 Å².